The molecule has 0 aliphatic carbocycles. The van der Waals surface area contributed by atoms with E-state index in [2.05, 4.69) is 20.6 Å². The summed E-state index contributed by atoms with van der Waals surface area (Å²) in [5, 5.41) is 16.8. The highest BCUT2D eigenvalue weighted by Gasteiger charge is 2.08. The van der Waals surface area contributed by atoms with Gasteiger partial charge in [-0.15, -0.1) is 10.2 Å². The standard InChI is InChI=1S/C18H23N5OS2/c1-2-24-16-10-5-4-9-15(16)20-17-21-22-18(26-17)25-14-7-3-6-12-23-13-8-11-19-23/h4-5,8-11,13H,2-3,6-7,12,14H2,1H3,(H,20,21). The minimum Gasteiger partial charge on any atom is -0.492 e. The molecule has 26 heavy (non-hydrogen) atoms. The molecule has 0 radical (unpaired) electrons. The second-order valence-electron chi connectivity index (χ2n) is 5.61. The molecule has 0 saturated carbocycles. The van der Waals surface area contributed by atoms with Gasteiger partial charge in [0.05, 0.1) is 12.3 Å². The quantitative estimate of drug-likeness (QED) is 0.374. The number of aromatic nitrogens is 4. The zero-order valence-corrected chi connectivity index (χ0v) is 16.4. The first-order valence-corrected chi connectivity index (χ1v) is 10.6. The first kappa shape index (κ1) is 18.7. The molecule has 0 fully saturated rings. The molecule has 0 atom stereocenters. The van der Waals surface area contributed by atoms with Gasteiger partial charge in [0.1, 0.15) is 5.75 Å². The van der Waals surface area contributed by atoms with Crippen LogP contribution in [0.3, 0.4) is 0 Å². The predicted molar refractivity (Wildman–Crippen MR) is 108 cm³/mol. The van der Waals surface area contributed by atoms with Gasteiger partial charge in [-0.2, -0.15) is 5.10 Å². The van der Waals surface area contributed by atoms with Crippen molar-refractivity contribution in [2.75, 3.05) is 17.7 Å². The van der Waals surface area contributed by atoms with E-state index < -0.39 is 0 Å². The van der Waals surface area contributed by atoms with Crippen LogP contribution in [0.25, 0.3) is 0 Å². The van der Waals surface area contributed by atoms with Crippen LogP contribution in [0, 0.1) is 0 Å². The van der Waals surface area contributed by atoms with E-state index in [0.29, 0.717) is 6.61 Å². The van der Waals surface area contributed by atoms with Crippen molar-refractivity contribution in [1.29, 1.82) is 0 Å². The largest absolute Gasteiger partial charge is 0.492 e. The Balaban J connectivity index is 1.39. The van der Waals surface area contributed by atoms with E-state index in [1.165, 1.54) is 12.8 Å². The lowest BCUT2D eigenvalue weighted by Crippen LogP contribution is -1.97. The van der Waals surface area contributed by atoms with Gasteiger partial charge in [0.2, 0.25) is 5.13 Å². The lowest BCUT2D eigenvalue weighted by Gasteiger charge is -2.09. The molecule has 2 heterocycles. The number of aryl methyl sites for hydroxylation is 1. The molecular weight excluding hydrogens is 366 g/mol. The number of para-hydroxylation sites is 2. The molecule has 3 rings (SSSR count). The van der Waals surface area contributed by atoms with Gasteiger partial charge in [-0.3, -0.25) is 4.68 Å². The summed E-state index contributed by atoms with van der Waals surface area (Å²) >= 11 is 3.34. The van der Waals surface area contributed by atoms with Crippen LogP contribution in [0.1, 0.15) is 26.2 Å². The Morgan fingerprint density at radius 2 is 2.08 bits per heavy atom. The Kier molecular flexibility index (Phi) is 7.33. The Morgan fingerprint density at radius 1 is 1.15 bits per heavy atom. The zero-order valence-electron chi connectivity index (χ0n) is 14.8. The van der Waals surface area contributed by atoms with E-state index in [9.17, 15) is 0 Å². The van der Waals surface area contributed by atoms with Gasteiger partial charge in [0.15, 0.2) is 4.34 Å². The van der Waals surface area contributed by atoms with Gasteiger partial charge < -0.3 is 10.1 Å². The van der Waals surface area contributed by atoms with E-state index in [-0.39, 0.29) is 0 Å². The molecule has 0 unspecified atom stereocenters. The Labute approximate surface area is 162 Å². The van der Waals surface area contributed by atoms with Gasteiger partial charge >= 0.3 is 0 Å². The highest BCUT2D eigenvalue weighted by Crippen LogP contribution is 2.31. The Morgan fingerprint density at radius 3 is 2.92 bits per heavy atom. The highest BCUT2D eigenvalue weighted by molar-refractivity contribution is 8.01. The van der Waals surface area contributed by atoms with E-state index in [1.807, 2.05) is 54.3 Å². The number of anilines is 2. The van der Waals surface area contributed by atoms with Crippen LogP contribution < -0.4 is 10.1 Å². The maximum atomic E-state index is 5.63. The van der Waals surface area contributed by atoms with E-state index in [4.69, 9.17) is 4.74 Å². The number of hydrogen-bond acceptors (Lipinski definition) is 7. The summed E-state index contributed by atoms with van der Waals surface area (Å²) in [7, 11) is 0. The number of nitrogens with zero attached hydrogens (tertiary/aromatic N) is 4. The molecule has 0 saturated heterocycles. The molecule has 0 aliphatic rings. The monoisotopic (exact) mass is 389 g/mol. The number of thioether (sulfide) groups is 1. The SMILES string of the molecule is CCOc1ccccc1Nc1nnc(SCCCCCn2cccn2)s1. The summed E-state index contributed by atoms with van der Waals surface area (Å²) in [6.07, 6.45) is 7.34. The maximum Gasteiger partial charge on any atom is 0.210 e. The Bertz CT molecular complexity index is 776. The zero-order chi connectivity index (χ0) is 18.0. The van der Waals surface area contributed by atoms with Crippen LogP contribution >= 0.6 is 23.1 Å². The van der Waals surface area contributed by atoms with Crippen molar-refractivity contribution in [2.45, 2.75) is 37.1 Å². The molecule has 3 aromatic rings. The van der Waals surface area contributed by atoms with Gasteiger partial charge in [-0.05, 0) is 38.0 Å². The number of hydrogen-bond donors (Lipinski definition) is 1. The molecule has 138 valence electrons. The van der Waals surface area contributed by atoms with Crippen LogP contribution in [0.2, 0.25) is 0 Å². The third-order valence-corrected chi connectivity index (χ3v) is 5.71. The van der Waals surface area contributed by atoms with E-state index in [1.54, 1.807) is 23.1 Å². The summed E-state index contributed by atoms with van der Waals surface area (Å²) in [4.78, 5) is 0. The fourth-order valence-corrected chi connectivity index (χ4v) is 4.26. The third-order valence-electron chi connectivity index (χ3n) is 3.65. The smallest absolute Gasteiger partial charge is 0.210 e. The van der Waals surface area contributed by atoms with Crippen molar-refractivity contribution >= 4 is 33.9 Å². The van der Waals surface area contributed by atoms with E-state index in [0.717, 1.165) is 39.6 Å². The molecule has 8 heteroatoms. The van der Waals surface area contributed by atoms with Gasteiger partial charge in [0, 0.05) is 24.7 Å². The molecule has 1 N–H and O–H groups in total. The van der Waals surface area contributed by atoms with Crippen molar-refractivity contribution in [3.63, 3.8) is 0 Å². The normalized spacial score (nSPS) is 10.8. The average molecular weight is 390 g/mol. The summed E-state index contributed by atoms with van der Waals surface area (Å²) in [5.41, 5.74) is 0.917. The molecule has 0 aliphatic heterocycles. The van der Waals surface area contributed by atoms with Crippen molar-refractivity contribution in [1.82, 2.24) is 20.0 Å². The summed E-state index contributed by atoms with van der Waals surface area (Å²) < 4.78 is 8.60. The van der Waals surface area contributed by atoms with E-state index >= 15 is 0 Å². The average Bonchev–Trinajstić information content (AvgIpc) is 3.32. The minimum absolute atomic E-state index is 0.635. The van der Waals surface area contributed by atoms with Gasteiger partial charge in [0.25, 0.3) is 0 Å². The molecule has 1 aromatic carbocycles. The first-order chi connectivity index (χ1) is 12.8. The number of rotatable bonds is 11. The fourth-order valence-electron chi connectivity index (χ4n) is 2.43. The van der Waals surface area contributed by atoms with Crippen LogP contribution in [-0.4, -0.2) is 32.3 Å². The number of unbranched alkanes of at least 4 members (excludes halogenated alkanes) is 2. The Hall–Kier alpha value is -2.06. The van der Waals surface area contributed by atoms with Crippen LogP contribution in [-0.2, 0) is 6.54 Å². The summed E-state index contributed by atoms with van der Waals surface area (Å²) in [5.74, 6) is 1.89. The molecular formula is C18H23N5OS2. The first-order valence-electron chi connectivity index (χ1n) is 8.77. The van der Waals surface area contributed by atoms with Crippen LogP contribution in [0.15, 0.2) is 47.1 Å². The highest BCUT2D eigenvalue weighted by atomic mass is 32.2. The van der Waals surface area contributed by atoms with Gasteiger partial charge in [-0.1, -0.05) is 41.7 Å². The van der Waals surface area contributed by atoms with Crippen molar-refractivity contribution in [3.8, 4) is 5.75 Å². The van der Waals surface area contributed by atoms with Crippen LogP contribution in [0.5, 0.6) is 5.75 Å². The summed E-state index contributed by atoms with van der Waals surface area (Å²) in [6, 6.07) is 9.84. The topological polar surface area (TPSA) is 64.9 Å². The van der Waals surface area contributed by atoms with Gasteiger partial charge in [-0.25, -0.2) is 0 Å². The second kappa shape index (κ2) is 10.2. The second-order valence-corrected chi connectivity index (χ2v) is 7.93. The number of ether oxygens (including phenoxy) is 1. The number of nitrogens with one attached hydrogen (secondary N) is 1. The lowest BCUT2D eigenvalue weighted by atomic mass is 10.2. The minimum atomic E-state index is 0.635. The maximum absolute atomic E-state index is 5.63. The molecule has 6 nitrogen and oxygen atoms in total. The lowest BCUT2D eigenvalue weighted by molar-refractivity contribution is 0.342. The van der Waals surface area contributed by atoms with Crippen LogP contribution in [0.4, 0.5) is 10.8 Å². The van der Waals surface area contributed by atoms with Crippen molar-refractivity contribution in [2.24, 2.45) is 0 Å². The molecule has 0 bridgehead atoms. The molecule has 2 aromatic heterocycles. The molecule has 0 spiro atoms. The fraction of sp³-hybridized carbons (Fsp3) is 0.389. The molecule has 0 amide bonds. The summed E-state index contributed by atoms with van der Waals surface area (Å²) in [6.45, 7) is 3.60. The predicted octanol–water partition coefficient (Wildman–Crippen LogP) is 4.84. The number of benzene rings is 1. The van der Waals surface area contributed by atoms with Crippen molar-refractivity contribution in [3.05, 3.63) is 42.7 Å². The van der Waals surface area contributed by atoms with Crippen molar-refractivity contribution < 1.29 is 4.74 Å². The third kappa shape index (κ3) is 5.74.